The molecule has 0 heterocycles. The quantitative estimate of drug-likeness (QED) is 0.685. The first kappa shape index (κ1) is 9.74. The van der Waals surface area contributed by atoms with Crippen LogP contribution in [0.1, 0.15) is 22.8 Å². The zero-order valence-electron chi connectivity index (χ0n) is 7.45. The zero-order valence-corrected chi connectivity index (χ0v) is 7.45. The van der Waals surface area contributed by atoms with E-state index in [0.29, 0.717) is 17.5 Å². The molecule has 0 fully saturated rings. The van der Waals surface area contributed by atoms with Gasteiger partial charge < -0.3 is 10.2 Å². The van der Waals surface area contributed by atoms with Crippen LogP contribution in [0.5, 0.6) is 5.75 Å². The average Bonchev–Trinajstić information content (AvgIpc) is 2.08. The van der Waals surface area contributed by atoms with Crippen molar-refractivity contribution in [3.05, 3.63) is 29.3 Å². The lowest BCUT2D eigenvalue weighted by molar-refractivity contribution is 0.101. The van der Waals surface area contributed by atoms with Crippen LogP contribution in [0.25, 0.3) is 0 Å². The van der Waals surface area contributed by atoms with Crippen molar-refractivity contribution >= 4 is 5.78 Å². The van der Waals surface area contributed by atoms with E-state index in [2.05, 4.69) is 0 Å². The maximum Gasteiger partial charge on any atom is 0.159 e. The predicted molar refractivity (Wildman–Crippen MR) is 48.9 cm³/mol. The van der Waals surface area contributed by atoms with E-state index in [9.17, 15) is 9.90 Å². The van der Waals surface area contributed by atoms with Gasteiger partial charge in [-0.05, 0) is 37.1 Å². The Balaban J connectivity index is 3.03. The van der Waals surface area contributed by atoms with Crippen molar-refractivity contribution in [2.75, 3.05) is 6.61 Å². The number of rotatable bonds is 3. The summed E-state index contributed by atoms with van der Waals surface area (Å²) in [6.07, 6.45) is 0.368. The lowest BCUT2D eigenvalue weighted by Crippen LogP contribution is -1.96. The van der Waals surface area contributed by atoms with Crippen molar-refractivity contribution in [1.29, 1.82) is 0 Å². The summed E-state index contributed by atoms with van der Waals surface area (Å²) < 4.78 is 0. The van der Waals surface area contributed by atoms with Crippen LogP contribution in [0.3, 0.4) is 0 Å². The van der Waals surface area contributed by atoms with Crippen LogP contribution >= 0.6 is 0 Å². The number of hydrogen-bond donors (Lipinski definition) is 2. The van der Waals surface area contributed by atoms with Gasteiger partial charge in [-0.15, -0.1) is 0 Å². The smallest absolute Gasteiger partial charge is 0.159 e. The van der Waals surface area contributed by atoms with Gasteiger partial charge in [0.05, 0.1) is 0 Å². The lowest BCUT2D eigenvalue weighted by atomic mass is 10.1. The first-order valence-electron chi connectivity index (χ1n) is 4.09. The van der Waals surface area contributed by atoms with Crippen LogP contribution in [0.2, 0.25) is 0 Å². The van der Waals surface area contributed by atoms with Crippen LogP contribution < -0.4 is 0 Å². The second-order valence-electron chi connectivity index (χ2n) is 2.87. The second kappa shape index (κ2) is 4.05. The van der Waals surface area contributed by atoms with Gasteiger partial charge in [0.2, 0.25) is 0 Å². The van der Waals surface area contributed by atoms with E-state index in [-0.39, 0.29) is 18.1 Å². The molecule has 3 nitrogen and oxygen atoms in total. The molecule has 0 amide bonds. The molecule has 0 saturated carbocycles. The first-order valence-corrected chi connectivity index (χ1v) is 4.09. The van der Waals surface area contributed by atoms with Gasteiger partial charge in [-0.3, -0.25) is 4.79 Å². The number of aliphatic hydroxyl groups is 1. The number of Topliss-reactive ketones (excluding diaryl/α,β-unsaturated/α-hetero) is 1. The Morgan fingerprint density at radius 2 is 2.15 bits per heavy atom. The van der Waals surface area contributed by atoms with Gasteiger partial charge in [0.1, 0.15) is 5.75 Å². The highest BCUT2D eigenvalue weighted by Crippen LogP contribution is 2.18. The van der Waals surface area contributed by atoms with Crippen molar-refractivity contribution in [3.8, 4) is 5.75 Å². The van der Waals surface area contributed by atoms with Crippen LogP contribution in [0, 0.1) is 0 Å². The second-order valence-corrected chi connectivity index (χ2v) is 2.87. The van der Waals surface area contributed by atoms with Gasteiger partial charge in [-0.2, -0.15) is 0 Å². The summed E-state index contributed by atoms with van der Waals surface area (Å²) in [5, 5.41) is 18.0. The predicted octanol–water partition coefficient (Wildman–Crippen LogP) is 1.13. The Bertz CT molecular complexity index is 318. The van der Waals surface area contributed by atoms with Gasteiger partial charge in [-0.25, -0.2) is 0 Å². The zero-order chi connectivity index (χ0) is 9.84. The van der Waals surface area contributed by atoms with Crippen molar-refractivity contribution in [1.82, 2.24) is 0 Å². The normalized spacial score (nSPS) is 10.0. The number of aliphatic hydroxyl groups excluding tert-OH is 1. The Hall–Kier alpha value is -1.35. The molecular formula is C10H12O3. The molecule has 0 aliphatic heterocycles. The van der Waals surface area contributed by atoms with Gasteiger partial charge in [0.15, 0.2) is 5.78 Å². The maximum absolute atomic E-state index is 11.0. The monoisotopic (exact) mass is 180 g/mol. The number of phenolic OH excluding ortho intramolecular Hbond substituents is 1. The van der Waals surface area contributed by atoms with E-state index in [4.69, 9.17) is 5.11 Å². The molecule has 0 atom stereocenters. The molecule has 0 saturated heterocycles. The fourth-order valence-electron chi connectivity index (χ4n) is 1.13. The fraction of sp³-hybridized carbons (Fsp3) is 0.300. The van der Waals surface area contributed by atoms with Gasteiger partial charge in [-0.1, -0.05) is 0 Å². The van der Waals surface area contributed by atoms with E-state index < -0.39 is 0 Å². The molecule has 1 rings (SSSR count). The number of ketones is 1. The highest BCUT2D eigenvalue weighted by atomic mass is 16.3. The van der Waals surface area contributed by atoms with Gasteiger partial charge in [0.25, 0.3) is 0 Å². The molecule has 13 heavy (non-hydrogen) atoms. The molecular weight excluding hydrogens is 168 g/mol. The molecule has 0 radical (unpaired) electrons. The van der Waals surface area contributed by atoms with Crippen molar-refractivity contribution < 1.29 is 15.0 Å². The van der Waals surface area contributed by atoms with Crippen LogP contribution in [0.4, 0.5) is 0 Å². The van der Waals surface area contributed by atoms with Crippen LogP contribution in [0.15, 0.2) is 18.2 Å². The van der Waals surface area contributed by atoms with E-state index in [1.807, 2.05) is 0 Å². The Morgan fingerprint density at radius 3 is 2.69 bits per heavy atom. The van der Waals surface area contributed by atoms with E-state index in [0.717, 1.165) is 0 Å². The summed E-state index contributed by atoms with van der Waals surface area (Å²) in [6, 6.07) is 4.65. The summed E-state index contributed by atoms with van der Waals surface area (Å²) in [6.45, 7) is 1.43. The molecule has 1 aromatic rings. The highest BCUT2D eigenvalue weighted by molar-refractivity contribution is 5.94. The first-order chi connectivity index (χ1) is 6.15. The Labute approximate surface area is 76.6 Å². The van der Waals surface area contributed by atoms with Crippen LogP contribution in [-0.4, -0.2) is 22.6 Å². The molecule has 3 heteroatoms. The molecule has 70 valence electrons. The van der Waals surface area contributed by atoms with Crippen molar-refractivity contribution in [3.63, 3.8) is 0 Å². The van der Waals surface area contributed by atoms with Gasteiger partial charge >= 0.3 is 0 Å². The van der Waals surface area contributed by atoms with E-state index >= 15 is 0 Å². The molecule has 0 unspecified atom stereocenters. The minimum absolute atomic E-state index is 0.0328. The molecule has 0 spiro atoms. The van der Waals surface area contributed by atoms with Crippen molar-refractivity contribution in [2.24, 2.45) is 0 Å². The fourth-order valence-corrected chi connectivity index (χ4v) is 1.13. The molecule has 0 aliphatic carbocycles. The summed E-state index contributed by atoms with van der Waals surface area (Å²) in [4.78, 5) is 11.0. The Kier molecular flexibility index (Phi) is 3.03. The number of benzene rings is 1. The van der Waals surface area contributed by atoms with E-state index in [1.165, 1.54) is 13.0 Å². The SMILES string of the molecule is CC(=O)c1ccc(O)c(CCO)c1. The third kappa shape index (κ3) is 2.29. The molecule has 2 N–H and O–H groups in total. The number of carbonyl (C=O) groups is 1. The third-order valence-electron chi connectivity index (χ3n) is 1.87. The highest BCUT2D eigenvalue weighted by Gasteiger charge is 2.04. The standard InChI is InChI=1S/C10H12O3/c1-7(12)8-2-3-10(13)9(6-8)4-5-11/h2-3,6,11,13H,4-5H2,1H3. The molecule has 0 aliphatic rings. The lowest BCUT2D eigenvalue weighted by Gasteiger charge is -2.03. The summed E-state index contributed by atoms with van der Waals surface area (Å²) in [5.41, 5.74) is 1.16. The maximum atomic E-state index is 11.0. The minimum Gasteiger partial charge on any atom is -0.508 e. The summed E-state index contributed by atoms with van der Waals surface area (Å²) in [7, 11) is 0. The topological polar surface area (TPSA) is 57.5 Å². The minimum atomic E-state index is -0.0424. The molecule has 0 aromatic heterocycles. The summed E-state index contributed by atoms with van der Waals surface area (Å²) >= 11 is 0. The van der Waals surface area contributed by atoms with Crippen LogP contribution in [-0.2, 0) is 6.42 Å². The number of phenols is 1. The number of carbonyl (C=O) groups excluding carboxylic acids is 1. The van der Waals surface area contributed by atoms with Gasteiger partial charge in [0, 0.05) is 12.2 Å². The molecule has 0 bridgehead atoms. The Morgan fingerprint density at radius 1 is 1.46 bits per heavy atom. The molecule has 1 aromatic carbocycles. The third-order valence-corrected chi connectivity index (χ3v) is 1.87. The largest absolute Gasteiger partial charge is 0.508 e. The number of hydrogen-bond acceptors (Lipinski definition) is 3. The average molecular weight is 180 g/mol. The summed E-state index contributed by atoms with van der Waals surface area (Å²) in [5.74, 6) is 0.0817. The van der Waals surface area contributed by atoms with E-state index in [1.54, 1.807) is 12.1 Å². The van der Waals surface area contributed by atoms with Crippen molar-refractivity contribution in [2.45, 2.75) is 13.3 Å². The number of aromatic hydroxyl groups is 1.